The van der Waals surface area contributed by atoms with Crippen molar-refractivity contribution in [2.75, 3.05) is 11.9 Å². The average molecular weight is 483 g/mol. The van der Waals surface area contributed by atoms with Gasteiger partial charge < -0.3 is 10.0 Å². The number of benzene rings is 3. The third kappa shape index (κ3) is 4.39. The lowest BCUT2D eigenvalue weighted by Crippen LogP contribution is -2.51. The van der Waals surface area contributed by atoms with Gasteiger partial charge in [0.2, 0.25) is 0 Å². The number of fused-ring (bicyclic) bond motifs is 1. The Kier molecular flexibility index (Phi) is 5.69. The minimum atomic E-state index is -0.835. The summed E-state index contributed by atoms with van der Waals surface area (Å²) in [5.41, 5.74) is 4.97. The van der Waals surface area contributed by atoms with E-state index >= 15 is 0 Å². The number of nitrogens with zero attached hydrogens (tertiary/aromatic N) is 4. The van der Waals surface area contributed by atoms with Gasteiger partial charge >= 0.3 is 6.03 Å². The molecule has 10 nitrogen and oxygen atoms in total. The zero-order chi connectivity index (χ0) is 25.4. The van der Waals surface area contributed by atoms with Gasteiger partial charge in [-0.15, -0.1) is 15.0 Å². The number of aromatic hydroxyl groups is 1. The highest BCUT2D eigenvalue weighted by molar-refractivity contribution is 6.31. The molecule has 0 bridgehead atoms. The Morgan fingerprint density at radius 3 is 2.17 bits per heavy atom. The standard InChI is InChI=1S/C26H22N6O4/c1-15-11-17(23(33)22(12-15)32-29-20-5-3-4-6-21(20)30-32)14-31(2)18-9-7-16(8-10-18)13-19-24(34)27-26(36)28-25(19)35/h3-13,33H,14H2,1-2H3,(H2,27,28,34,35,36). The van der Waals surface area contributed by atoms with Crippen LogP contribution in [0.3, 0.4) is 0 Å². The number of aromatic nitrogens is 3. The summed E-state index contributed by atoms with van der Waals surface area (Å²) < 4.78 is 0. The zero-order valence-electron chi connectivity index (χ0n) is 19.5. The van der Waals surface area contributed by atoms with Crippen LogP contribution in [0.1, 0.15) is 16.7 Å². The molecule has 2 heterocycles. The third-order valence-corrected chi connectivity index (χ3v) is 5.81. The van der Waals surface area contributed by atoms with Crippen molar-refractivity contribution in [1.82, 2.24) is 25.6 Å². The molecule has 0 spiro atoms. The molecule has 3 N–H and O–H groups in total. The van der Waals surface area contributed by atoms with Gasteiger partial charge in [-0.1, -0.05) is 30.3 Å². The van der Waals surface area contributed by atoms with Gasteiger partial charge in [0.05, 0.1) is 0 Å². The summed E-state index contributed by atoms with van der Waals surface area (Å²) in [5, 5.41) is 24.1. The summed E-state index contributed by atoms with van der Waals surface area (Å²) in [6.45, 7) is 2.36. The van der Waals surface area contributed by atoms with Crippen LogP contribution in [-0.2, 0) is 16.1 Å². The number of barbiturate groups is 1. The first kappa shape index (κ1) is 22.8. The van der Waals surface area contributed by atoms with E-state index in [0.717, 1.165) is 22.3 Å². The van der Waals surface area contributed by atoms with Crippen LogP contribution >= 0.6 is 0 Å². The van der Waals surface area contributed by atoms with Crippen LogP contribution in [0.2, 0.25) is 0 Å². The molecular formula is C26H22N6O4. The number of phenolic OH excluding ortho intramolecular Hbond substituents is 1. The van der Waals surface area contributed by atoms with Gasteiger partial charge in [0.1, 0.15) is 28.0 Å². The molecule has 36 heavy (non-hydrogen) atoms. The van der Waals surface area contributed by atoms with E-state index in [1.807, 2.05) is 78.0 Å². The Morgan fingerprint density at radius 2 is 1.56 bits per heavy atom. The number of hydrogen-bond donors (Lipinski definition) is 3. The molecule has 0 aliphatic carbocycles. The summed E-state index contributed by atoms with van der Waals surface area (Å²) in [6, 6.07) is 17.6. The fourth-order valence-corrected chi connectivity index (χ4v) is 4.02. The lowest BCUT2D eigenvalue weighted by Gasteiger charge is -2.21. The van der Waals surface area contributed by atoms with E-state index in [2.05, 4.69) is 10.2 Å². The number of phenols is 1. The molecule has 4 amide bonds. The van der Waals surface area contributed by atoms with Crippen LogP contribution in [0.15, 0.2) is 66.2 Å². The average Bonchev–Trinajstić information content (AvgIpc) is 3.28. The SMILES string of the molecule is Cc1cc(CN(C)c2ccc(C=C3C(=O)NC(=O)NC3=O)cc2)c(O)c(-n2nc3ccccc3n2)c1. The second-order valence-electron chi connectivity index (χ2n) is 8.51. The van der Waals surface area contributed by atoms with Crippen LogP contribution in [0.4, 0.5) is 10.5 Å². The van der Waals surface area contributed by atoms with Crippen LogP contribution in [0.5, 0.6) is 5.75 Å². The van der Waals surface area contributed by atoms with E-state index in [1.165, 1.54) is 10.9 Å². The minimum absolute atomic E-state index is 0.0954. The number of anilines is 1. The van der Waals surface area contributed by atoms with Gasteiger partial charge in [0, 0.05) is 24.8 Å². The predicted octanol–water partition coefficient (Wildman–Crippen LogP) is 2.82. The van der Waals surface area contributed by atoms with Crippen molar-refractivity contribution in [3.8, 4) is 11.4 Å². The number of nitrogens with one attached hydrogen (secondary N) is 2. The van der Waals surface area contributed by atoms with E-state index in [1.54, 1.807) is 12.1 Å². The number of urea groups is 1. The molecule has 10 heteroatoms. The van der Waals surface area contributed by atoms with Gasteiger partial charge in [-0.25, -0.2) is 4.79 Å². The van der Waals surface area contributed by atoms with Gasteiger partial charge in [-0.3, -0.25) is 20.2 Å². The van der Waals surface area contributed by atoms with E-state index in [-0.39, 0.29) is 11.3 Å². The molecule has 1 fully saturated rings. The molecule has 0 unspecified atom stereocenters. The Hall–Kier alpha value is -4.99. The molecular weight excluding hydrogens is 460 g/mol. The summed E-state index contributed by atoms with van der Waals surface area (Å²) in [4.78, 5) is 38.5. The highest BCUT2D eigenvalue weighted by atomic mass is 16.3. The highest BCUT2D eigenvalue weighted by Crippen LogP contribution is 2.30. The van der Waals surface area contributed by atoms with Crippen molar-refractivity contribution >= 4 is 40.6 Å². The Morgan fingerprint density at radius 1 is 0.944 bits per heavy atom. The third-order valence-electron chi connectivity index (χ3n) is 5.81. The largest absolute Gasteiger partial charge is 0.505 e. The lowest BCUT2D eigenvalue weighted by atomic mass is 10.1. The highest BCUT2D eigenvalue weighted by Gasteiger charge is 2.27. The Labute approximate surface area is 205 Å². The van der Waals surface area contributed by atoms with Crippen molar-refractivity contribution in [1.29, 1.82) is 0 Å². The van der Waals surface area contributed by atoms with E-state index in [0.29, 0.717) is 23.4 Å². The zero-order valence-corrected chi connectivity index (χ0v) is 19.5. The molecule has 5 rings (SSSR count). The molecule has 0 saturated carbocycles. The topological polar surface area (TPSA) is 129 Å². The van der Waals surface area contributed by atoms with Crippen molar-refractivity contribution in [3.05, 3.63) is 82.9 Å². The van der Waals surface area contributed by atoms with Crippen molar-refractivity contribution in [3.63, 3.8) is 0 Å². The summed E-state index contributed by atoms with van der Waals surface area (Å²) in [7, 11) is 1.89. The molecule has 1 saturated heterocycles. The molecule has 1 aliphatic heterocycles. The van der Waals surface area contributed by atoms with Crippen molar-refractivity contribution in [2.45, 2.75) is 13.5 Å². The smallest absolute Gasteiger partial charge is 0.328 e. The quantitative estimate of drug-likeness (QED) is 0.295. The summed E-state index contributed by atoms with van der Waals surface area (Å²) in [5.74, 6) is -1.39. The fourth-order valence-electron chi connectivity index (χ4n) is 4.02. The lowest BCUT2D eigenvalue weighted by molar-refractivity contribution is -0.123. The van der Waals surface area contributed by atoms with Gasteiger partial charge in [-0.2, -0.15) is 0 Å². The molecule has 1 aromatic heterocycles. The fraction of sp³-hybridized carbons (Fsp3) is 0.115. The number of rotatable bonds is 5. The molecule has 0 atom stereocenters. The van der Waals surface area contributed by atoms with Crippen LogP contribution < -0.4 is 15.5 Å². The molecule has 4 aromatic rings. The number of amides is 4. The maximum absolute atomic E-state index is 11.9. The minimum Gasteiger partial charge on any atom is -0.505 e. The van der Waals surface area contributed by atoms with Gasteiger partial charge in [-0.05, 0) is 54.5 Å². The first-order valence-corrected chi connectivity index (χ1v) is 11.1. The Bertz CT molecular complexity index is 1500. The van der Waals surface area contributed by atoms with Gasteiger partial charge in [0.15, 0.2) is 0 Å². The first-order chi connectivity index (χ1) is 17.3. The molecule has 0 radical (unpaired) electrons. The summed E-state index contributed by atoms with van der Waals surface area (Å²) in [6.07, 6.45) is 1.42. The van der Waals surface area contributed by atoms with E-state index < -0.39 is 17.8 Å². The number of imide groups is 2. The van der Waals surface area contributed by atoms with Crippen LogP contribution in [-0.4, -0.2) is 45.0 Å². The van der Waals surface area contributed by atoms with Crippen LogP contribution in [0.25, 0.3) is 22.8 Å². The van der Waals surface area contributed by atoms with Gasteiger partial charge in [0.25, 0.3) is 11.8 Å². The predicted molar refractivity (Wildman–Crippen MR) is 133 cm³/mol. The molecule has 180 valence electrons. The van der Waals surface area contributed by atoms with Crippen molar-refractivity contribution in [2.24, 2.45) is 0 Å². The number of carbonyl (C=O) groups is 3. The van der Waals surface area contributed by atoms with Crippen molar-refractivity contribution < 1.29 is 19.5 Å². The van der Waals surface area contributed by atoms with E-state index in [9.17, 15) is 19.5 Å². The Balaban J connectivity index is 1.37. The van der Waals surface area contributed by atoms with Crippen LogP contribution in [0, 0.1) is 6.92 Å². The number of carbonyl (C=O) groups excluding carboxylic acids is 3. The summed E-state index contributed by atoms with van der Waals surface area (Å²) >= 11 is 0. The second kappa shape index (κ2) is 8.99. The second-order valence-corrected chi connectivity index (χ2v) is 8.51. The van der Waals surface area contributed by atoms with E-state index in [4.69, 9.17) is 0 Å². The monoisotopic (exact) mass is 482 g/mol. The number of hydrogen-bond acceptors (Lipinski definition) is 7. The molecule has 3 aromatic carbocycles. The maximum Gasteiger partial charge on any atom is 0.328 e. The molecule has 1 aliphatic rings. The maximum atomic E-state index is 11.9. The normalized spacial score (nSPS) is 13.5. The first-order valence-electron chi connectivity index (χ1n) is 11.1. The number of aryl methyl sites for hydroxylation is 1.